The topological polar surface area (TPSA) is 87.7 Å². The number of esters is 1. The highest BCUT2D eigenvalue weighted by molar-refractivity contribution is 7.80. The lowest BCUT2D eigenvalue weighted by Gasteiger charge is -2.28. The molecule has 28 heavy (non-hydrogen) atoms. The van der Waals surface area contributed by atoms with Crippen LogP contribution in [0.3, 0.4) is 0 Å². The molecule has 142 valence electrons. The zero-order valence-electron chi connectivity index (χ0n) is 15.0. The van der Waals surface area contributed by atoms with Crippen LogP contribution in [0.15, 0.2) is 71.9 Å². The summed E-state index contributed by atoms with van der Waals surface area (Å²) in [5.74, 6) is -1.17. The third-order valence-electron chi connectivity index (χ3n) is 4.14. The van der Waals surface area contributed by atoms with E-state index in [4.69, 9.17) is 17.0 Å². The molecule has 0 aromatic heterocycles. The van der Waals surface area contributed by atoms with E-state index in [9.17, 15) is 14.7 Å². The first-order valence-electron chi connectivity index (χ1n) is 8.50. The first-order valence-corrected chi connectivity index (χ1v) is 8.91. The number of hydrogen-bond donors (Lipinski definition) is 3. The molecule has 3 rings (SSSR count). The second-order valence-electron chi connectivity index (χ2n) is 6.11. The van der Waals surface area contributed by atoms with Crippen molar-refractivity contribution in [1.82, 2.24) is 10.6 Å². The minimum absolute atomic E-state index is 0.184. The fourth-order valence-electron chi connectivity index (χ4n) is 2.83. The van der Waals surface area contributed by atoms with Gasteiger partial charge in [0, 0.05) is 11.8 Å². The van der Waals surface area contributed by atoms with Crippen molar-refractivity contribution in [1.29, 1.82) is 0 Å². The molecule has 0 radical (unpaired) electrons. The van der Waals surface area contributed by atoms with Crippen LogP contribution in [0.4, 0.5) is 0 Å². The summed E-state index contributed by atoms with van der Waals surface area (Å²) >= 11 is 5.13. The second kappa shape index (κ2) is 8.49. The number of aliphatic carboxylic acids is 1. The summed E-state index contributed by atoms with van der Waals surface area (Å²) in [7, 11) is 0. The van der Waals surface area contributed by atoms with Crippen LogP contribution in [-0.4, -0.2) is 22.2 Å². The molecular formula is C21H18N2O4S. The molecule has 2 aromatic rings. The fourth-order valence-corrected chi connectivity index (χ4v) is 3.11. The quantitative estimate of drug-likeness (QED) is 0.311. The predicted octanol–water partition coefficient (Wildman–Crippen LogP) is 3.18. The number of carboxylic acids is 1. The molecule has 7 heteroatoms. The van der Waals surface area contributed by atoms with Crippen molar-refractivity contribution >= 4 is 35.3 Å². The molecular weight excluding hydrogens is 376 g/mol. The molecule has 0 amide bonds. The summed E-state index contributed by atoms with van der Waals surface area (Å²) in [6.45, 7) is 1.67. The van der Waals surface area contributed by atoms with Gasteiger partial charge in [0.25, 0.3) is 0 Å². The smallest absolute Gasteiger partial charge is 0.336 e. The van der Waals surface area contributed by atoms with Gasteiger partial charge in [-0.25, -0.2) is 9.59 Å². The van der Waals surface area contributed by atoms with Crippen LogP contribution in [0.1, 0.15) is 24.1 Å². The summed E-state index contributed by atoms with van der Waals surface area (Å²) in [5, 5.41) is 15.6. The molecule has 6 nitrogen and oxygen atoms in total. The van der Waals surface area contributed by atoms with E-state index in [1.165, 1.54) is 6.08 Å². The Hall–Kier alpha value is -3.45. The number of benzene rings is 2. The van der Waals surface area contributed by atoms with Gasteiger partial charge in [0.2, 0.25) is 0 Å². The normalized spacial score (nSPS) is 16.5. The van der Waals surface area contributed by atoms with E-state index in [-0.39, 0.29) is 5.57 Å². The van der Waals surface area contributed by atoms with Crippen molar-refractivity contribution < 1.29 is 19.4 Å². The number of hydrogen-bond acceptors (Lipinski definition) is 4. The first-order chi connectivity index (χ1) is 13.4. The van der Waals surface area contributed by atoms with Gasteiger partial charge in [-0.15, -0.1) is 0 Å². The maximum atomic E-state index is 12.0. The van der Waals surface area contributed by atoms with E-state index in [0.717, 1.165) is 5.56 Å². The SMILES string of the molecule is CC1=C(C(=O)O)C(c2ccc(OC(=O)C=Cc3ccccc3)cc2)NC(=S)N1. The van der Waals surface area contributed by atoms with Crippen molar-refractivity contribution in [2.24, 2.45) is 0 Å². The van der Waals surface area contributed by atoms with Gasteiger partial charge in [-0.2, -0.15) is 0 Å². The highest BCUT2D eigenvalue weighted by Crippen LogP contribution is 2.28. The van der Waals surface area contributed by atoms with Crippen LogP contribution in [0.5, 0.6) is 5.75 Å². The van der Waals surface area contributed by atoms with Gasteiger partial charge in [0.1, 0.15) is 5.75 Å². The summed E-state index contributed by atoms with van der Waals surface area (Å²) in [4.78, 5) is 23.6. The number of carbonyl (C=O) groups is 2. The van der Waals surface area contributed by atoms with Crippen LogP contribution in [0.2, 0.25) is 0 Å². The Morgan fingerprint density at radius 2 is 1.79 bits per heavy atom. The van der Waals surface area contributed by atoms with Crippen LogP contribution in [-0.2, 0) is 9.59 Å². The van der Waals surface area contributed by atoms with Crippen LogP contribution >= 0.6 is 12.2 Å². The Bertz CT molecular complexity index is 966. The van der Waals surface area contributed by atoms with Crippen molar-refractivity contribution in [2.45, 2.75) is 13.0 Å². The average Bonchev–Trinajstić information content (AvgIpc) is 2.67. The van der Waals surface area contributed by atoms with E-state index in [1.807, 2.05) is 30.3 Å². The molecule has 0 aliphatic carbocycles. The Morgan fingerprint density at radius 1 is 1.11 bits per heavy atom. The Balaban J connectivity index is 1.72. The summed E-state index contributed by atoms with van der Waals surface area (Å²) in [5.41, 5.74) is 2.26. The summed E-state index contributed by atoms with van der Waals surface area (Å²) in [6, 6.07) is 15.5. The number of carbonyl (C=O) groups excluding carboxylic acids is 1. The lowest BCUT2D eigenvalue weighted by atomic mass is 9.96. The number of carboxylic acid groups (broad SMARTS) is 1. The van der Waals surface area contributed by atoms with Gasteiger partial charge in [0.15, 0.2) is 5.11 Å². The molecule has 1 aliphatic heterocycles. The van der Waals surface area contributed by atoms with Crippen LogP contribution in [0.25, 0.3) is 6.08 Å². The van der Waals surface area contributed by atoms with E-state index in [1.54, 1.807) is 37.3 Å². The zero-order valence-corrected chi connectivity index (χ0v) is 15.8. The van der Waals surface area contributed by atoms with Gasteiger partial charge in [-0.05, 0) is 48.5 Å². The molecule has 0 fully saturated rings. The van der Waals surface area contributed by atoms with Crippen molar-refractivity contribution in [3.05, 3.63) is 83.1 Å². The molecule has 0 saturated carbocycles. The minimum atomic E-state index is -1.04. The van der Waals surface area contributed by atoms with Crippen LogP contribution < -0.4 is 15.4 Å². The fraction of sp³-hybridized carbons (Fsp3) is 0.0952. The molecule has 0 bridgehead atoms. The van der Waals surface area contributed by atoms with E-state index in [2.05, 4.69) is 10.6 Å². The number of ether oxygens (including phenoxy) is 1. The Labute approximate surface area is 167 Å². The Kier molecular flexibility index (Phi) is 5.86. The first kappa shape index (κ1) is 19.3. The predicted molar refractivity (Wildman–Crippen MR) is 109 cm³/mol. The maximum absolute atomic E-state index is 12.0. The van der Waals surface area contributed by atoms with Gasteiger partial charge >= 0.3 is 11.9 Å². The van der Waals surface area contributed by atoms with Gasteiger partial charge in [0.05, 0.1) is 11.6 Å². The second-order valence-corrected chi connectivity index (χ2v) is 6.52. The number of allylic oxidation sites excluding steroid dienone is 1. The third-order valence-corrected chi connectivity index (χ3v) is 4.36. The average molecular weight is 394 g/mol. The Morgan fingerprint density at radius 3 is 2.43 bits per heavy atom. The number of thiocarbonyl (C=S) groups is 1. The molecule has 1 heterocycles. The third kappa shape index (κ3) is 4.63. The zero-order chi connectivity index (χ0) is 20.1. The van der Waals surface area contributed by atoms with E-state index >= 15 is 0 Å². The number of rotatable bonds is 5. The van der Waals surface area contributed by atoms with E-state index in [0.29, 0.717) is 22.1 Å². The summed E-state index contributed by atoms with van der Waals surface area (Å²) in [6.07, 6.45) is 3.02. The maximum Gasteiger partial charge on any atom is 0.336 e. The van der Waals surface area contributed by atoms with Gasteiger partial charge in [-0.3, -0.25) is 0 Å². The minimum Gasteiger partial charge on any atom is -0.478 e. The molecule has 1 atom stereocenters. The largest absolute Gasteiger partial charge is 0.478 e. The number of nitrogens with one attached hydrogen (secondary N) is 2. The van der Waals surface area contributed by atoms with E-state index < -0.39 is 18.0 Å². The molecule has 3 N–H and O–H groups in total. The molecule has 0 spiro atoms. The van der Waals surface area contributed by atoms with Crippen molar-refractivity contribution in [3.63, 3.8) is 0 Å². The molecule has 0 saturated heterocycles. The monoisotopic (exact) mass is 394 g/mol. The van der Waals surface area contributed by atoms with Crippen LogP contribution in [0, 0.1) is 0 Å². The summed E-state index contributed by atoms with van der Waals surface area (Å²) < 4.78 is 5.28. The lowest BCUT2D eigenvalue weighted by Crippen LogP contribution is -2.44. The highest BCUT2D eigenvalue weighted by Gasteiger charge is 2.29. The van der Waals surface area contributed by atoms with Crippen molar-refractivity contribution in [3.8, 4) is 5.75 Å². The standard InChI is InChI=1S/C21H18N2O4S/c1-13-18(20(25)26)19(23-21(28)22-13)15-8-10-16(11-9-15)27-17(24)12-7-14-5-3-2-4-6-14/h2-12,19H,1H3,(H,25,26)(H2,22,23,28). The highest BCUT2D eigenvalue weighted by atomic mass is 32.1. The lowest BCUT2D eigenvalue weighted by molar-refractivity contribution is -0.133. The van der Waals surface area contributed by atoms with Gasteiger partial charge in [-0.1, -0.05) is 42.5 Å². The van der Waals surface area contributed by atoms with Gasteiger partial charge < -0.3 is 20.5 Å². The molecule has 2 aromatic carbocycles. The van der Waals surface area contributed by atoms with Crippen molar-refractivity contribution in [2.75, 3.05) is 0 Å². The molecule has 1 aliphatic rings. The molecule has 1 unspecified atom stereocenters.